The van der Waals surface area contributed by atoms with Gasteiger partial charge in [0.25, 0.3) is 0 Å². The van der Waals surface area contributed by atoms with Crippen molar-refractivity contribution in [3.05, 3.63) is 65.5 Å². The molecule has 6 nitrogen and oxygen atoms in total. The molecule has 0 aliphatic rings. The second-order valence-electron chi connectivity index (χ2n) is 5.99. The molecule has 6 heteroatoms. The Bertz CT molecular complexity index is 677. The second kappa shape index (κ2) is 12.8. The standard InChI is InChI=1S/C21H30N4O2/c1-3-26-13-14-27-17-19-8-6-7-18(15-19)16-25-21(22-2)24-12-10-20-9-4-5-11-23-20/h4-9,11,15H,3,10,12-14,16-17H2,1-2H3,(H2,22,24,25). The molecule has 0 fully saturated rings. The van der Waals surface area contributed by atoms with Crippen LogP contribution in [0, 0.1) is 0 Å². The number of ether oxygens (including phenoxy) is 2. The molecule has 0 aliphatic heterocycles. The number of aliphatic imine (C=N–C) groups is 1. The lowest BCUT2D eigenvalue weighted by Gasteiger charge is -2.12. The fourth-order valence-corrected chi connectivity index (χ4v) is 2.54. The third-order valence-corrected chi connectivity index (χ3v) is 3.92. The van der Waals surface area contributed by atoms with Gasteiger partial charge in [0.1, 0.15) is 0 Å². The number of nitrogens with one attached hydrogen (secondary N) is 2. The number of nitrogens with zero attached hydrogens (tertiary/aromatic N) is 2. The van der Waals surface area contributed by atoms with E-state index < -0.39 is 0 Å². The predicted molar refractivity (Wildman–Crippen MR) is 109 cm³/mol. The summed E-state index contributed by atoms with van der Waals surface area (Å²) in [6.45, 7) is 6.04. The van der Waals surface area contributed by atoms with Crippen LogP contribution in [0.25, 0.3) is 0 Å². The van der Waals surface area contributed by atoms with Gasteiger partial charge >= 0.3 is 0 Å². The van der Waals surface area contributed by atoms with Gasteiger partial charge in [-0.3, -0.25) is 9.98 Å². The van der Waals surface area contributed by atoms with Crippen molar-refractivity contribution in [1.29, 1.82) is 0 Å². The van der Waals surface area contributed by atoms with Crippen LogP contribution in [-0.4, -0.2) is 44.4 Å². The lowest BCUT2D eigenvalue weighted by molar-refractivity contribution is 0.0453. The summed E-state index contributed by atoms with van der Waals surface area (Å²) in [7, 11) is 1.78. The first-order valence-electron chi connectivity index (χ1n) is 9.39. The molecule has 0 saturated heterocycles. The Morgan fingerprint density at radius 1 is 1.04 bits per heavy atom. The molecular weight excluding hydrogens is 340 g/mol. The van der Waals surface area contributed by atoms with E-state index in [1.54, 1.807) is 7.05 Å². The van der Waals surface area contributed by atoms with Crippen molar-refractivity contribution >= 4 is 5.96 Å². The molecule has 1 aromatic heterocycles. The minimum absolute atomic E-state index is 0.595. The third kappa shape index (κ3) is 8.66. The van der Waals surface area contributed by atoms with Crippen molar-refractivity contribution in [2.45, 2.75) is 26.5 Å². The van der Waals surface area contributed by atoms with Gasteiger partial charge in [0.05, 0.1) is 19.8 Å². The van der Waals surface area contributed by atoms with Gasteiger partial charge in [0.2, 0.25) is 0 Å². The van der Waals surface area contributed by atoms with Crippen LogP contribution in [0.4, 0.5) is 0 Å². The molecule has 0 radical (unpaired) electrons. The van der Waals surface area contributed by atoms with E-state index in [-0.39, 0.29) is 0 Å². The molecular formula is C21H30N4O2. The minimum atomic E-state index is 0.595. The highest BCUT2D eigenvalue weighted by atomic mass is 16.5. The van der Waals surface area contributed by atoms with E-state index in [0.717, 1.165) is 36.8 Å². The van der Waals surface area contributed by atoms with Crippen molar-refractivity contribution < 1.29 is 9.47 Å². The molecule has 0 amide bonds. The fourth-order valence-electron chi connectivity index (χ4n) is 2.54. The lowest BCUT2D eigenvalue weighted by atomic mass is 10.1. The Morgan fingerprint density at radius 2 is 1.89 bits per heavy atom. The largest absolute Gasteiger partial charge is 0.379 e. The Morgan fingerprint density at radius 3 is 2.67 bits per heavy atom. The number of guanidine groups is 1. The zero-order valence-corrected chi connectivity index (χ0v) is 16.3. The predicted octanol–water partition coefficient (Wildman–Crippen LogP) is 2.54. The van der Waals surface area contributed by atoms with E-state index >= 15 is 0 Å². The summed E-state index contributed by atoms with van der Waals surface area (Å²) in [5.74, 6) is 0.782. The molecule has 1 aromatic carbocycles. The van der Waals surface area contributed by atoms with Gasteiger partial charge in [-0.15, -0.1) is 0 Å². The number of rotatable bonds is 11. The summed E-state index contributed by atoms with van der Waals surface area (Å²) in [6, 6.07) is 14.3. The first kappa shape index (κ1) is 20.9. The topological polar surface area (TPSA) is 67.8 Å². The highest BCUT2D eigenvalue weighted by molar-refractivity contribution is 5.79. The van der Waals surface area contributed by atoms with Crippen molar-refractivity contribution in [3.8, 4) is 0 Å². The van der Waals surface area contributed by atoms with Crippen LogP contribution in [0.5, 0.6) is 0 Å². The fraction of sp³-hybridized carbons (Fsp3) is 0.429. The summed E-state index contributed by atoms with van der Waals surface area (Å²) in [5.41, 5.74) is 3.41. The minimum Gasteiger partial charge on any atom is -0.379 e. The molecule has 0 unspecified atom stereocenters. The summed E-state index contributed by atoms with van der Waals surface area (Å²) in [4.78, 5) is 8.60. The van der Waals surface area contributed by atoms with Crippen LogP contribution in [0.3, 0.4) is 0 Å². The smallest absolute Gasteiger partial charge is 0.191 e. The van der Waals surface area contributed by atoms with Gasteiger partial charge < -0.3 is 20.1 Å². The Labute approximate surface area is 162 Å². The van der Waals surface area contributed by atoms with Crippen molar-refractivity contribution in [1.82, 2.24) is 15.6 Å². The highest BCUT2D eigenvalue weighted by Gasteiger charge is 2.01. The molecule has 146 valence electrons. The van der Waals surface area contributed by atoms with Crippen LogP contribution in [0.2, 0.25) is 0 Å². The van der Waals surface area contributed by atoms with E-state index in [4.69, 9.17) is 9.47 Å². The zero-order valence-electron chi connectivity index (χ0n) is 16.3. The number of aromatic nitrogens is 1. The average molecular weight is 370 g/mol. The van der Waals surface area contributed by atoms with Crippen LogP contribution in [-0.2, 0) is 29.0 Å². The van der Waals surface area contributed by atoms with Gasteiger partial charge in [-0.2, -0.15) is 0 Å². The van der Waals surface area contributed by atoms with Crippen LogP contribution in [0.15, 0.2) is 53.7 Å². The Balaban J connectivity index is 1.71. The monoisotopic (exact) mass is 370 g/mol. The van der Waals surface area contributed by atoms with Gasteiger partial charge in [-0.25, -0.2) is 0 Å². The van der Waals surface area contributed by atoms with Gasteiger partial charge in [-0.05, 0) is 30.2 Å². The first-order valence-corrected chi connectivity index (χ1v) is 9.39. The highest BCUT2D eigenvalue weighted by Crippen LogP contribution is 2.06. The zero-order chi connectivity index (χ0) is 19.2. The maximum Gasteiger partial charge on any atom is 0.191 e. The summed E-state index contributed by atoms with van der Waals surface area (Å²) in [6.07, 6.45) is 2.67. The number of benzene rings is 1. The normalized spacial score (nSPS) is 11.4. The quantitative estimate of drug-likeness (QED) is 0.361. The first-order chi connectivity index (χ1) is 13.3. The van der Waals surface area contributed by atoms with Crippen LogP contribution in [0.1, 0.15) is 23.7 Å². The van der Waals surface area contributed by atoms with Gasteiger partial charge in [0.15, 0.2) is 5.96 Å². The Kier molecular flexibility index (Phi) is 9.92. The molecule has 27 heavy (non-hydrogen) atoms. The molecule has 2 rings (SSSR count). The molecule has 0 atom stereocenters. The average Bonchev–Trinajstić information content (AvgIpc) is 2.71. The van der Waals surface area contributed by atoms with E-state index in [1.807, 2.05) is 31.3 Å². The van der Waals surface area contributed by atoms with E-state index in [9.17, 15) is 0 Å². The SMILES string of the molecule is CCOCCOCc1cccc(CNC(=NC)NCCc2ccccn2)c1. The lowest BCUT2D eigenvalue weighted by Crippen LogP contribution is -2.37. The molecule has 0 saturated carbocycles. The van der Waals surface area contributed by atoms with E-state index in [0.29, 0.717) is 26.4 Å². The summed E-state index contributed by atoms with van der Waals surface area (Å²) in [5, 5.41) is 6.66. The molecule has 0 bridgehead atoms. The maximum absolute atomic E-state index is 5.63. The molecule has 0 aliphatic carbocycles. The van der Waals surface area contributed by atoms with E-state index in [1.165, 1.54) is 5.56 Å². The van der Waals surface area contributed by atoms with Crippen LogP contribution < -0.4 is 10.6 Å². The van der Waals surface area contributed by atoms with Crippen molar-refractivity contribution in [2.75, 3.05) is 33.4 Å². The van der Waals surface area contributed by atoms with E-state index in [2.05, 4.69) is 44.9 Å². The number of pyridine rings is 1. The van der Waals surface area contributed by atoms with Gasteiger partial charge in [0, 0.05) is 45.1 Å². The third-order valence-electron chi connectivity index (χ3n) is 3.92. The number of hydrogen-bond donors (Lipinski definition) is 2. The molecule has 1 heterocycles. The second-order valence-corrected chi connectivity index (χ2v) is 5.99. The molecule has 0 spiro atoms. The molecule has 2 N–H and O–H groups in total. The Hall–Kier alpha value is -2.44. The molecule has 2 aromatic rings. The summed E-state index contributed by atoms with van der Waals surface area (Å²) >= 11 is 0. The van der Waals surface area contributed by atoms with Gasteiger partial charge in [-0.1, -0.05) is 30.3 Å². The maximum atomic E-state index is 5.63. The van der Waals surface area contributed by atoms with Crippen molar-refractivity contribution in [3.63, 3.8) is 0 Å². The van der Waals surface area contributed by atoms with Crippen molar-refractivity contribution in [2.24, 2.45) is 4.99 Å². The summed E-state index contributed by atoms with van der Waals surface area (Å²) < 4.78 is 10.9. The van der Waals surface area contributed by atoms with Crippen LogP contribution >= 0.6 is 0 Å². The number of hydrogen-bond acceptors (Lipinski definition) is 4.